The quantitative estimate of drug-likeness (QED) is 0.302. The molecule has 188 valence electrons. The zero-order chi connectivity index (χ0) is 26.1. The van der Waals surface area contributed by atoms with E-state index in [9.17, 15) is 14.4 Å². The number of carbonyl (C=O) groups is 3. The summed E-state index contributed by atoms with van der Waals surface area (Å²) in [5.74, 6) is -0.530. The Hall–Kier alpha value is -3.93. The van der Waals surface area contributed by atoms with Crippen LogP contribution in [0.3, 0.4) is 0 Å². The summed E-state index contributed by atoms with van der Waals surface area (Å²) in [4.78, 5) is 37.5. The van der Waals surface area contributed by atoms with Crippen molar-refractivity contribution in [2.24, 2.45) is 5.92 Å². The lowest BCUT2D eigenvalue weighted by atomic mass is 9.95. The van der Waals surface area contributed by atoms with Gasteiger partial charge in [0.1, 0.15) is 11.8 Å². The Bertz CT molecular complexity index is 1160. The molecule has 0 saturated carbocycles. The van der Waals surface area contributed by atoms with Gasteiger partial charge >= 0.3 is 5.97 Å². The average Bonchev–Trinajstić information content (AvgIpc) is 2.84. The van der Waals surface area contributed by atoms with E-state index < -0.39 is 17.9 Å². The Morgan fingerprint density at radius 3 is 1.97 bits per heavy atom. The first-order chi connectivity index (χ1) is 17.2. The molecule has 3 aromatic rings. The minimum atomic E-state index is -0.863. The van der Waals surface area contributed by atoms with E-state index >= 15 is 0 Å². The van der Waals surface area contributed by atoms with Crippen molar-refractivity contribution in [3.05, 3.63) is 95.6 Å². The van der Waals surface area contributed by atoms with Crippen LogP contribution in [0.25, 0.3) is 0 Å². The van der Waals surface area contributed by atoms with E-state index in [0.29, 0.717) is 23.8 Å². The molecule has 0 aliphatic carbocycles. The van der Waals surface area contributed by atoms with E-state index in [-0.39, 0.29) is 11.8 Å². The maximum absolute atomic E-state index is 13.2. The summed E-state index contributed by atoms with van der Waals surface area (Å²) >= 11 is 0. The Kier molecular flexibility index (Phi) is 9.39. The second-order valence-corrected chi connectivity index (χ2v) is 9.44. The van der Waals surface area contributed by atoms with Crippen LogP contribution in [0, 0.1) is 5.92 Å². The first-order valence-electron chi connectivity index (χ1n) is 12.2. The molecule has 0 unspecified atom stereocenters. The number of esters is 1. The predicted octanol–water partition coefficient (Wildman–Crippen LogP) is 5.28. The van der Waals surface area contributed by atoms with Crippen molar-refractivity contribution < 1.29 is 19.1 Å². The van der Waals surface area contributed by atoms with Gasteiger partial charge in [0.2, 0.25) is 11.8 Å². The lowest BCUT2D eigenvalue weighted by molar-refractivity contribution is -0.139. The van der Waals surface area contributed by atoms with Crippen molar-refractivity contribution in [3.63, 3.8) is 0 Å². The number of amides is 2. The largest absolute Gasteiger partial charge is 0.425 e. The summed E-state index contributed by atoms with van der Waals surface area (Å²) in [7, 11) is 0. The minimum absolute atomic E-state index is 0.186. The van der Waals surface area contributed by atoms with Crippen LogP contribution in [-0.2, 0) is 27.2 Å². The zero-order valence-corrected chi connectivity index (χ0v) is 21.3. The maximum Gasteiger partial charge on any atom is 0.334 e. The molecule has 0 saturated heterocycles. The molecular formula is C30H34N2O4. The van der Waals surface area contributed by atoms with Gasteiger partial charge in [0, 0.05) is 19.0 Å². The standard InChI is InChI=1S/C30H34N2O4/c1-20(2)18-24-10-12-25(13-11-24)21(3)29(34)32-28(19-23-8-6-5-7-9-23)30(35)36-27-16-14-26(15-17-27)31-22(4)33/h5-17,20-21,28H,18-19H2,1-4H3,(H,31,33)(H,32,34)/t21-,28+/m1/s1. The Morgan fingerprint density at radius 1 is 0.778 bits per heavy atom. The fourth-order valence-corrected chi connectivity index (χ4v) is 3.90. The molecule has 2 atom stereocenters. The fourth-order valence-electron chi connectivity index (χ4n) is 3.90. The van der Waals surface area contributed by atoms with Gasteiger partial charge in [-0.05, 0) is 60.2 Å². The molecule has 0 spiro atoms. The highest BCUT2D eigenvalue weighted by Crippen LogP contribution is 2.20. The monoisotopic (exact) mass is 486 g/mol. The van der Waals surface area contributed by atoms with Crippen molar-refractivity contribution >= 4 is 23.5 Å². The third-order valence-electron chi connectivity index (χ3n) is 5.79. The summed E-state index contributed by atoms with van der Waals surface area (Å²) in [6.45, 7) is 7.60. The van der Waals surface area contributed by atoms with Crippen LogP contribution < -0.4 is 15.4 Å². The maximum atomic E-state index is 13.2. The SMILES string of the molecule is CC(=O)Nc1ccc(OC(=O)[C@H](Cc2ccccc2)NC(=O)[C@H](C)c2ccc(CC(C)C)cc2)cc1. The molecule has 6 heteroatoms. The van der Waals surface area contributed by atoms with Crippen LogP contribution in [0.15, 0.2) is 78.9 Å². The van der Waals surface area contributed by atoms with Gasteiger partial charge in [0.25, 0.3) is 0 Å². The molecular weight excluding hydrogens is 452 g/mol. The number of anilines is 1. The number of benzene rings is 3. The highest BCUT2D eigenvalue weighted by Gasteiger charge is 2.26. The third kappa shape index (κ3) is 8.08. The van der Waals surface area contributed by atoms with Gasteiger partial charge in [-0.15, -0.1) is 0 Å². The molecule has 0 aliphatic rings. The summed E-state index contributed by atoms with van der Waals surface area (Å²) in [6, 6.07) is 23.2. The number of rotatable bonds is 10. The van der Waals surface area contributed by atoms with E-state index in [1.807, 2.05) is 49.4 Å². The summed E-state index contributed by atoms with van der Waals surface area (Å²) < 4.78 is 5.58. The highest BCUT2D eigenvalue weighted by atomic mass is 16.5. The number of ether oxygens (including phenoxy) is 1. The molecule has 36 heavy (non-hydrogen) atoms. The normalized spacial score (nSPS) is 12.5. The molecule has 0 aliphatic heterocycles. The molecule has 0 aromatic heterocycles. The molecule has 0 radical (unpaired) electrons. The number of carbonyl (C=O) groups excluding carboxylic acids is 3. The van der Waals surface area contributed by atoms with Gasteiger partial charge < -0.3 is 15.4 Å². The van der Waals surface area contributed by atoms with Crippen LogP contribution in [0.2, 0.25) is 0 Å². The van der Waals surface area contributed by atoms with Crippen LogP contribution in [0.1, 0.15) is 50.3 Å². The van der Waals surface area contributed by atoms with Gasteiger partial charge in [-0.3, -0.25) is 9.59 Å². The lowest BCUT2D eigenvalue weighted by Crippen LogP contribution is -2.46. The highest BCUT2D eigenvalue weighted by molar-refractivity contribution is 5.90. The van der Waals surface area contributed by atoms with Crippen molar-refractivity contribution in [2.75, 3.05) is 5.32 Å². The molecule has 0 bridgehead atoms. The van der Waals surface area contributed by atoms with Gasteiger partial charge in [0.05, 0.1) is 5.92 Å². The van der Waals surface area contributed by atoms with E-state index in [1.54, 1.807) is 24.3 Å². The van der Waals surface area contributed by atoms with Gasteiger partial charge in [-0.2, -0.15) is 0 Å². The molecule has 2 amide bonds. The third-order valence-corrected chi connectivity index (χ3v) is 5.79. The summed E-state index contributed by atoms with van der Waals surface area (Å²) in [5.41, 5.74) is 3.63. The van der Waals surface area contributed by atoms with Crippen LogP contribution in [-0.4, -0.2) is 23.8 Å². The Morgan fingerprint density at radius 2 is 1.39 bits per heavy atom. The van der Waals surface area contributed by atoms with Gasteiger partial charge in [-0.1, -0.05) is 68.4 Å². The number of hydrogen-bond donors (Lipinski definition) is 2. The van der Waals surface area contributed by atoms with Crippen LogP contribution in [0.4, 0.5) is 5.69 Å². The smallest absolute Gasteiger partial charge is 0.334 e. The molecule has 2 N–H and O–H groups in total. The van der Waals surface area contributed by atoms with Crippen molar-refractivity contribution in [1.82, 2.24) is 5.32 Å². The van der Waals surface area contributed by atoms with E-state index in [2.05, 4.69) is 36.6 Å². The number of hydrogen-bond acceptors (Lipinski definition) is 4. The second kappa shape index (κ2) is 12.7. The molecule has 3 rings (SSSR count). The first-order valence-corrected chi connectivity index (χ1v) is 12.2. The van der Waals surface area contributed by atoms with E-state index in [4.69, 9.17) is 4.74 Å². The van der Waals surface area contributed by atoms with E-state index in [1.165, 1.54) is 12.5 Å². The Labute approximate surface area is 213 Å². The number of nitrogens with one attached hydrogen (secondary N) is 2. The summed E-state index contributed by atoms with van der Waals surface area (Å²) in [5, 5.41) is 5.57. The minimum Gasteiger partial charge on any atom is -0.425 e. The van der Waals surface area contributed by atoms with Crippen molar-refractivity contribution in [3.8, 4) is 5.75 Å². The van der Waals surface area contributed by atoms with Crippen LogP contribution in [0.5, 0.6) is 5.75 Å². The van der Waals surface area contributed by atoms with Crippen molar-refractivity contribution in [2.45, 2.75) is 52.5 Å². The molecule has 0 heterocycles. The first kappa shape index (κ1) is 26.7. The van der Waals surface area contributed by atoms with Gasteiger partial charge in [0.15, 0.2) is 0 Å². The lowest BCUT2D eigenvalue weighted by Gasteiger charge is -2.21. The average molecular weight is 487 g/mol. The molecule has 0 fully saturated rings. The fraction of sp³-hybridized carbons (Fsp3) is 0.300. The van der Waals surface area contributed by atoms with Crippen LogP contribution >= 0.6 is 0 Å². The van der Waals surface area contributed by atoms with Crippen molar-refractivity contribution in [1.29, 1.82) is 0 Å². The Balaban J connectivity index is 1.72. The second-order valence-electron chi connectivity index (χ2n) is 9.44. The molecule has 6 nitrogen and oxygen atoms in total. The zero-order valence-electron chi connectivity index (χ0n) is 21.3. The topological polar surface area (TPSA) is 84.5 Å². The van der Waals surface area contributed by atoms with Gasteiger partial charge in [-0.25, -0.2) is 4.79 Å². The molecule has 3 aromatic carbocycles. The van der Waals surface area contributed by atoms with E-state index in [0.717, 1.165) is 17.5 Å². The predicted molar refractivity (Wildman–Crippen MR) is 142 cm³/mol. The summed E-state index contributed by atoms with van der Waals surface area (Å²) in [6.07, 6.45) is 1.28.